The highest BCUT2D eigenvalue weighted by Gasteiger charge is 2.17. The number of nitrogens with zero attached hydrogens (tertiary/aromatic N) is 3. The van der Waals surface area contributed by atoms with Crippen LogP contribution in [0.5, 0.6) is 0 Å². The molecule has 0 saturated carbocycles. The first kappa shape index (κ1) is 14.0. The zero-order valence-electron chi connectivity index (χ0n) is 11.1. The average molecular weight is 280 g/mol. The first-order valence-electron chi connectivity index (χ1n) is 6.25. The molecule has 1 atom stereocenters. The van der Waals surface area contributed by atoms with Gasteiger partial charge in [0.1, 0.15) is 0 Å². The summed E-state index contributed by atoms with van der Waals surface area (Å²) in [6, 6.07) is 5.55. The second-order valence-corrected chi connectivity index (χ2v) is 4.79. The van der Waals surface area contributed by atoms with Crippen LogP contribution in [0, 0.1) is 6.92 Å². The Balaban J connectivity index is 2.26. The van der Waals surface area contributed by atoms with E-state index >= 15 is 0 Å². The number of nitrogens with one attached hydrogen (secondary N) is 1. The van der Waals surface area contributed by atoms with Gasteiger partial charge < -0.3 is 0 Å². The van der Waals surface area contributed by atoms with Crippen LogP contribution in [0.15, 0.2) is 24.4 Å². The van der Waals surface area contributed by atoms with Gasteiger partial charge in [0.15, 0.2) is 0 Å². The zero-order chi connectivity index (χ0) is 13.8. The van der Waals surface area contributed by atoms with Gasteiger partial charge in [0.25, 0.3) is 0 Å². The maximum atomic E-state index is 6.16. The second-order valence-electron chi connectivity index (χ2n) is 4.39. The lowest BCUT2D eigenvalue weighted by Gasteiger charge is -2.16. The number of aromatic nitrogens is 3. The van der Waals surface area contributed by atoms with Crippen LogP contribution in [0.3, 0.4) is 0 Å². The average Bonchev–Trinajstić information content (AvgIpc) is 2.77. The molecule has 5 nitrogen and oxygen atoms in total. The quantitative estimate of drug-likeness (QED) is 0.649. The number of rotatable bonds is 5. The molecule has 3 N–H and O–H groups in total. The molecular formula is C13H18ClN5. The van der Waals surface area contributed by atoms with E-state index in [0.29, 0.717) is 11.4 Å². The Kier molecular flexibility index (Phi) is 4.52. The van der Waals surface area contributed by atoms with E-state index < -0.39 is 0 Å². The van der Waals surface area contributed by atoms with E-state index in [4.69, 9.17) is 17.4 Å². The van der Waals surface area contributed by atoms with Crippen LogP contribution in [0.4, 0.5) is 0 Å². The molecule has 6 heteroatoms. The molecule has 0 aliphatic heterocycles. The Hall–Kier alpha value is -1.43. The fourth-order valence-corrected chi connectivity index (χ4v) is 2.39. The molecular weight excluding hydrogens is 262 g/mol. The van der Waals surface area contributed by atoms with Gasteiger partial charge in [0.2, 0.25) is 0 Å². The third kappa shape index (κ3) is 3.12. The summed E-state index contributed by atoms with van der Waals surface area (Å²) in [5.41, 5.74) is 5.65. The molecule has 2 rings (SSSR count). The van der Waals surface area contributed by atoms with Gasteiger partial charge in [0, 0.05) is 24.9 Å². The van der Waals surface area contributed by atoms with Gasteiger partial charge >= 0.3 is 0 Å². The molecule has 0 amide bonds. The van der Waals surface area contributed by atoms with E-state index in [1.165, 1.54) is 0 Å². The van der Waals surface area contributed by atoms with Gasteiger partial charge in [-0.1, -0.05) is 11.6 Å². The summed E-state index contributed by atoms with van der Waals surface area (Å²) < 4.78 is 1.97. The Labute approximate surface area is 117 Å². The number of hydrogen-bond acceptors (Lipinski definition) is 4. The normalized spacial score (nSPS) is 12.6. The molecule has 0 saturated heterocycles. The minimum Gasteiger partial charge on any atom is -0.271 e. The zero-order valence-corrected chi connectivity index (χ0v) is 11.9. The number of pyridine rings is 1. The summed E-state index contributed by atoms with van der Waals surface area (Å²) in [6.07, 6.45) is 2.41. The number of nitrogens with two attached hydrogens (primary N) is 1. The predicted molar refractivity (Wildman–Crippen MR) is 75.7 cm³/mol. The number of aryl methyl sites for hydroxylation is 2. The SMILES string of the molecule is CCn1nc(C)cc1CC(NN)c1ncccc1Cl. The molecule has 0 fully saturated rings. The van der Waals surface area contributed by atoms with Crippen molar-refractivity contribution < 1.29 is 0 Å². The number of halogens is 1. The monoisotopic (exact) mass is 279 g/mol. The first-order chi connectivity index (χ1) is 9.15. The van der Waals surface area contributed by atoms with Gasteiger partial charge in [-0.05, 0) is 32.0 Å². The van der Waals surface area contributed by atoms with Crippen LogP contribution < -0.4 is 11.3 Å². The topological polar surface area (TPSA) is 68.8 Å². The van der Waals surface area contributed by atoms with E-state index in [9.17, 15) is 0 Å². The summed E-state index contributed by atoms with van der Waals surface area (Å²) >= 11 is 6.16. The van der Waals surface area contributed by atoms with Crippen LogP contribution in [0.25, 0.3) is 0 Å². The summed E-state index contributed by atoms with van der Waals surface area (Å²) in [7, 11) is 0. The summed E-state index contributed by atoms with van der Waals surface area (Å²) in [6.45, 7) is 4.87. The summed E-state index contributed by atoms with van der Waals surface area (Å²) in [5, 5.41) is 5.04. The Morgan fingerprint density at radius 1 is 1.53 bits per heavy atom. The highest BCUT2D eigenvalue weighted by atomic mass is 35.5. The largest absolute Gasteiger partial charge is 0.271 e. The molecule has 0 aromatic carbocycles. The van der Waals surface area contributed by atoms with Crippen molar-refractivity contribution >= 4 is 11.6 Å². The van der Waals surface area contributed by atoms with E-state index in [1.807, 2.05) is 17.7 Å². The fourth-order valence-electron chi connectivity index (χ4n) is 2.14. The van der Waals surface area contributed by atoms with Crippen molar-refractivity contribution in [3.63, 3.8) is 0 Å². The van der Waals surface area contributed by atoms with Crippen molar-refractivity contribution in [1.82, 2.24) is 20.2 Å². The highest BCUT2D eigenvalue weighted by molar-refractivity contribution is 6.31. The number of hydrogen-bond donors (Lipinski definition) is 2. The van der Waals surface area contributed by atoms with Crippen LogP contribution in [0.2, 0.25) is 5.02 Å². The Morgan fingerprint density at radius 3 is 2.95 bits per heavy atom. The minimum absolute atomic E-state index is 0.130. The maximum absolute atomic E-state index is 6.16. The van der Waals surface area contributed by atoms with Crippen molar-refractivity contribution in [3.05, 3.63) is 46.5 Å². The molecule has 2 aromatic rings. The molecule has 0 aliphatic rings. The Morgan fingerprint density at radius 2 is 2.32 bits per heavy atom. The maximum Gasteiger partial charge on any atom is 0.0776 e. The van der Waals surface area contributed by atoms with Crippen molar-refractivity contribution in [3.8, 4) is 0 Å². The van der Waals surface area contributed by atoms with Crippen LogP contribution in [-0.2, 0) is 13.0 Å². The molecule has 102 valence electrons. The molecule has 2 aromatic heterocycles. The summed E-state index contributed by atoms with van der Waals surface area (Å²) in [4.78, 5) is 4.30. The van der Waals surface area contributed by atoms with Crippen molar-refractivity contribution in [2.75, 3.05) is 0 Å². The molecule has 19 heavy (non-hydrogen) atoms. The van der Waals surface area contributed by atoms with Gasteiger partial charge in [-0.3, -0.25) is 20.9 Å². The number of hydrazine groups is 1. The lowest BCUT2D eigenvalue weighted by molar-refractivity contribution is 0.507. The lowest BCUT2D eigenvalue weighted by Crippen LogP contribution is -2.31. The van der Waals surface area contributed by atoms with Gasteiger partial charge in [0.05, 0.1) is 22.5 Å². The molecule has 1 unspecified atom stereocenters. The van der Waals surface area contributed by atoms with Gasteiger partial charge in [-0.25, -0.2) is 0 Å². The third-order valence-corrected chi connectivity index (χ3v) is 3.34. The van der Waals surface area contributed by atoms with Gasteiger partial charge in [-0.2, -0.15) is 5.10 Å². The van der Waals surface area contributed by atoms with Gasteiger partial charge in [-0.15, -0.1) is 0 Å². The second kappa shape index (κ2) is 6.14. The molecule has 0 bridgehead atoms. The smallest absolute Gasteiger partial charge is 0.0776 e. The Bertz CT molecular complexity index is 552. The first-order valence-corrected chi connectivity index (χ1v) is 6.63. The van der Waals surface area contributed by atoms with E-state index in [-0.39, 0.29) is 6.04 Å². The standard InChI is InChI=1S/C13H18ClN5/c1-3-19-10(7-9(2)18-19)8-12(17-15)13-11(14)5-4-6-16-13/h4-7,12,17H,3,8,15H2,1-2H3. The third-order valence-electron chi connectivity index (χ3n) is 3.02. The van der Waals surface area contributed by atoms with Crippen molar-refractivity contribution in [2.45, 2.75) is 32.9 Å². The molecule has 0 aliphatic carbocycles. The van der Waals surface area contributed by atoms with Crippen LogP contribution in [-0.4, -0.2) is 14.8 Å². The lowest BCUT2D eigenvalue weighted by atomic mass is 10.1. The van der Waals surface area contributed by atoms with E-state index in [2.05, 4.69) is 28.5 Å². The van der Waals surface area contributed by atoms with Crippen LogP contribution in [0.1, 0.15) is 30.0 Å². The summed E-state index contributed by atoms with van der Waals surface area (Å²) in [5.74, 6) is 5.64. The van der Waals surface area contributed by atoms with E-state index in [0.717, 1.165) is 23.6 Å². The minimum atomic E-state index is -0.130. The highest BCUT2D eigenvalue weighted by Crippen LogP contribution is 2.23. The van der Waals surface area contributed by atoms with Crippen LogP contribution >= 0.6 is 11.6 Å². The molecule has 0 spiro atoms. The molecule has 2 heterocycles. The van der Waals surface area contributed by atoms with E-state index in [1.54, 1.807) is 12.3 Å². The predicted octanol–water partition coefficient (Wildman–Crippen LogP) is 2.01. The molecule has 0 radical (unpaired) electrons. The fraction of sp³-hybridized carbons (Fsp3) is 0.385. The van der Waals surface area contributed by atoms with Crippen molar-refractivity contribution in [1.29, 1.82) is 0 Å². The van der Waals surface area contributed by atoms with Crippen molar-refractivity contribution in [2.24, 2.45) is 5.84 Å².